The fourth-order valence-electron chi connectivity index (χ4n) is 2.38. The summed E-state index contributed by atoms with van der Waals surface area (Å²) in [4.78, 5) is 12.1. The van der Waals surface area contributed by atoms with E-state index in [0.29, 0.717) is 11.5 Å². The van der Waals surface area contributed by atoms with Crippen molar-refractivity contribution in [1.29, 1.82) is 0 Å². The van der Waals surface area contributed by atoms with E-state index in [-0.39, 0.29) is 32.1 Å². The molecule has 0 spiro atoms. The Morgan fingerprint density at radius 3 is 2.30 bits per heavy atom. The second kappa shape index (κ2) is 9.94. The highest BCUT2D eigenvalue weighted by molar-refractivity contribution is 7.88. The lowest BCUT2D eigenvalue weighted by molar-refractivity contribution is -0.121. The van der Waals surface area contributed by atoms with Crippen molar-refractivity contribution in [3.8, 4) is 11.5 Å². The first-order chi connectivity index (χ1) is 12.9. The predicted molar refractivity (Wildman–Crippen MR) is 103 cm³/mol. The van der Waals surface area contributed by atoms with Crippen LogP contribution in [0.4, 0.5) is 0 Å². The zero-order chi connectivity index (χ0) is 19.7. The summed E-state index contributed by atoms with van der Waals surface area (Å²) in [6.07, 6.45) is 1.09. The van der Waals surface area contributed by atoms with Gasteiger partial charge >= 0.3 is 0 Å². The number of carbonyl (C=O) groups is 1. The van der Waals surface area contributed by atoms with Crippen molar-refractivity contribution in [2.45, 2.75) is 6.54 Å². The van der Waals surface area contributed by atoms with Crippen LogP contribution in [-0.2, 0) is 21.4 Å². The van der Waals surface area contributed by atoms with Gasteiger partial charge in [0.2, 0.25) is 15.9 Å². The van der Waals surface area contributed by atoms with E-state index in [2.05, 4.69) is 5.32 Å². The Labute approximate surface area is 160 Å². The van der Waals surface area contributed by atoms with Crippen LogP contribution >= 0.6 is 0 Å². The zero-order valence-corrected chi connectivity index (χ0v) is 16.2. The molecule has 0 aromatic heterocycles. The first-order valence-corrected chi connectivity index (χ1v) is 10.3. The van der Waals surface area contributed by atoms with Gasteiger partial charge in [0.25, 0.3) is 0 Å². The Morgan fingerprint density at radius 1 is 1.04 bits per heavy atom. The van der Waals surface area contributed by atoms with Crippen molar-refractivity contribution >= 4 is 15.9 Å². The molecule has 0 radical (unpaired) electrons. The van der Waals surface area contributed by atoms with Crippen LogP contribution in [-0.4, -0.2) is 51.7 Å². The maximum atomic E-state index is 12.1. The van der Waals surface area contributed by atoms with Crippen LogP contribution < -0.4 is 14.8 Å². The third kappa shape index (κ3) is 6.92. The number of hydrogen-bond donors (Lipinski definition) is 1. The molecule has 8 heteroatoms. The van der Waals surface area contributed by atoms with E-state index in [4.69, 9.17) is 9.47 Å². The van der Waals surface area contributed by atoms with Gasteiger partial charge in [0.15, 0.2) is 11.5 Å². The summed E-state index contributed by atoms with van der Waals surface area (Å²) in [5.74, 6) is 0.797. The maximum Gasteiger partial charge on any atom is 0.235 e. The summed E-state index contributed by atoms with van der Waals surface area (Å²) in [6.45, 7) is 0.386. The highest BCUT2D eigenvalue weighted by Crippen LogP contribution is 2.25. The molecule has 0 unspecified atom stereocenters. The number of ether oxygens (including phenoxy) is 2. The Morgan fingerprint density at radius 2 is 1.67 bits per heavy atom. The number of nitrogens with zero attached hydrogens (tertiary/aromatic N) is 1. The minimum atomic E-state index is -3.52. The first-order valence-electron chi connectivity index (χ1n) is 8.41. The van der Waals surface area contributed by atoms with Crippen molar-refractivity contribution in [3.05, 3.63) is 60.2 Å². The molecule has 0 aliphatic heterocycles. The summed E-state index contributed by atoms with van der Waals surface area (Å²) >= 11 is 0. The molecule has 27 heavy (non-hydrogen) atoms. The Balaban J connectivity index is 1.83. The van der Waals surface area contributed by atoms with Crippen LogP contribution in [0.3, 0.4) is 0 Å². The van der Waals surface area contributed by atoms with E-state index in [9.17, 15) is 13.2 Å². The molecule has 0 heterocycles. The number of para-hydroxylation sites is 2. The topological polar surface area (TPSA) is 84.9 Å². The van der Waals surface area contributed by atoms with Crippen molar-refractivity contribution in [2.75, 3.05) is 33.1 Å². The molecule has 2 aromatic rings. The second-order valence-electron chi connectivity index (χ2n) is 5.87. The molecule has 0 atom stereocenters. The molecule has 2 aromatic carbocycles. The predicted octanol–water partition coefficient (Wildman–Crippen LogP) is 1.65. The Hall–Kier alpha value is -2.58. The molecular weight excluding hydrogens is 368 g/mol. The molecule has 0 bridgehead atoms. The Kier molecular flexibility index (Phi) is 7.63. The van der Waals surface area contributed by atoms with Gasteiger partial charge in [-0.3, -0.25) is 4.79 Å². The molecule has 0 saturated carbocycles. The highest BCUT2D eigenvalue weighted by Gasteiger charge is 2.20. The van der Waals surface area contributed by atoms with Gasteiger partial charge in [-0.1, -0.05) is 42.5 Å². The Bertz CT molecular complexity index is 840. The molecule has 2 rings (SSSR count). The van der Waals surface area contributed by atoms with Crippen LogP contribution in [0.1, 0.15) is 5.56 Å². The van der Waals surface area contributed by atoms with Gasteiger partial charge in [-0.05, 0) is 17.7 Å². The van der Waals surface area contributed by atoms with Crippen molar-refractivity contribution in [2.24, 2.45) is 0 Å². The number of hydrogen-bond acceptors (Lipinski definition) is 5. The minimum absolute atomic E-state index is 0.144. The van der Waals surface area contributed by atoms with Crippen LogP contribution in [0.25, 0.3) is 0 Å². The number of rotatable bonds is 10. The van der Waals surface area contributed by atoms with Crippen LogP contribution in [0.2, 0.25) is 0 Å². The van der Waals surface area contributed by atoms with Gasteiger partial charge in [-0.15, -0.1) is 0 Å². The van der Waals surface area contributed by atoms with Gasteiger partial charge in [-0.25, -0.2) is 8.42 Å². The fraction of sp³-hybridized carbons (Fsp3) is 0.316. The van der Waals surface area contributed by atoms with E-state index in [0.717, 1.165) is 16.1 Å². The van der Waals surface area contributed by atoms with Gasteiger partial charge in [0.1, 0.15) is 6.61 Å². The summed E-state index contributed by atoms with van der Waals surface area (Å²) in [6, 6.07) is 16.3. The minimum Gasteiger partial charge on any atom is -0.493 e. The molecule has 0 aliphatic rings. The van der Waals surface area contributed by atoms with Gasteiger partial charge < -0.3 is 14.8 Å². The van der Waals surface area contributed by atoms with Gasteiger partial charge in [0.05, 0.1) is 26.5 Å². The van der Waals surface area contributed by atoms with E-state index in [1.807, 2.05) is 42.5 Å². The summed E-state index contributed by atoms with van der Waals surface area (Å²) in [7, 11) is -1.96. The lowest BCUT2D eigenvalue weighted by Gasteiger charge is -2.19. The van der Waals surface area contributed by atoms with Crippen LogP contribution in [0.15, 0.2) is 54.6 Å². The quantitative estimate of drug-likeness (QED) is 0.622. The lowest BCUT2D eigenvalue weighted by Crippen LogP contribution is -2.40. The average Bonchev–Trinajstić information content (AvgIpc) is 2.65. The molecule has 0 fully saturated rings. The van der Waals surface area contributed by atoms with Crippen molar-refractivity contribution in [3.63, 3.8) is 0 Å². The lowest BCUT2D eigenvalue weighted by atomic mass is 10.2. The monoisotopic (exact) mass is 392 g/mol. The van der Waals surface area contributed by atoms with Crippen LogP contribution in [0, 0.1) is 0 Å². The van der Waals surface area contributed by atoms with Crippen molar-refractivity contribution < 1.29 is 22.7 Å². The smallest absolute Gasteiger partial charge is 0.235 e. The van der Waals surface area contributed by atoms with Crippen LogP contribution in [0.5, 0.6) is 11.5 Å². The fourth-order valence-corrected chi connectivity index (χ4v) is 3.12. The summed E-state index contributed by atoms with van der Waals surface area (Å²) in [5.41, 5.74) is 0.815. The molecule has 1 amide bonds. The van der Waals surface area contributed by atoms with E-state index >= 15 is 0 Å². The van der Waals surface area contributed by atoms with Crippen molar-refractivity contribution in [1.82, 2.24) is 9.62 Å². The van der Waals surface area contributed by atoms with Gasteiger partial charge in [-0.2, -0.15) is 4.31 Å². The largest absolute Gasteiger partial charge is 0.493 e. The molecular formula is C19H24N2O5S. The first kappa shape index (κ1) is 20.7. The van der Waals surface area contributed by atoms with E-state index in [1.54, 1.807) is 19.2 Å². The standard InChI is InChI=1S/C19H24N2O5S/c1-25-17-10-6-7-11-18(17)26-13-12-20-19(22)15-21(27(2,23)24)14-16-8-4-3-5-9-16/h3-11H,12-15H2,1-2H3,(H,20,22). The third-order valence-corrected chi connectivity index (χ3v) is 4.94. The van der Waals surface area contributed by atoms with E-state index < -0.39 is 10.0 Å². The number of carbonyl (C=O) groups excluding carboxylic acids is 1. The second-order valence-corrected chi connectivity index (χ2v) is 7.85. The van der Waals surface area contributed by atoms with Gasteiger partial charge in [0, 0.05) is 6.54 Å². The molecule has 7 nitrogen and oxygen atoms in total. The molecule has 1 N–H and O–H groups in total. The zero-order valence-electron chi connectivity index (χ0n) is 15.4. The highest BCUT2D eigenvalue weighted by atomic mass is 32.2. The number of amides is 1. The SMILES string of the molecule is COc1ccccc1OCCNC(=O)CN(Cc1ccccc1)S(C)(=O)=O. The normalized spacial score (nSPS) is 11.2. The maximum absolute atomic E-state index is 12.1. The summed E-state index contributed by atoms with van der Waals surface area (Å²) in [5, 5.41) is 2.67. The molecule has 0 saturated heterocycles. The molecule has 0 aliphatic carbocycles. The molecule has 146 valence electrons. The number of methoxy groups -OCH3 is 1. The number of sulfonamides is 1. The third-order valence-electron chi connectivity index (χ3n) is 3.74. The van der Waals surface area contributed by atoms with E-state index in [1.165, 1.54) is 0 Å². The average molecular weight is 392 g/mol. The number of nitrogens with one attached hydrogen (secondary N) is 1. The summed E-state index contributed by atoms with van der Waals surface area (Å²) < 4.78 is 35.8. The number of benzene rings is 2.